The van der Waals surface area contributed by atoms with Crippen molar-refractivity contribution in [3.63, 3.8) is 0 Å². The standard InChI is InChI=1S/C14H19F3N2O/c1-9-4-5-10(8-11(9)14(15,16)17)19-12(20)6-7-13(2,3)18/h4-5,8H,6-7,18H2,1-3H3,(H,19,20). The fourth-order valence-corrected chi connectivity index (χ4v) is 1.66. The summed E-state index contributed by atoms with van der Waals surface area (Å²) in [6.07, 6.45) is -3.81. The van der Waals surface area contributed by atoms with Gasteiger partial charge in [0.2, 0.25) is 5.91 Å². The van der Waals surface area contributed by atoms with Gasteiger partial charge in [-0.2, -0.15) is 13.2 Å². The van der Waals surface area contributed by atoms with Crippen LogP contribution in [0.25, 0.3) is 0 Å². The minimum atomic E-state index is -4.43. The molecule has 0 saturated carbocycles. The van der Waals surface area contributed by atoms with E-state index in [9.17, 15) is 18.0 Å². The number of hydrogen-bond donors (Lipinski definition) is 2. The van der Waals surface area contributed by atoms with Crippen LogP contribution in [-0.4, -0.2) is 11.4 Å². The lowest BCUT2D eigenvalue weighted by molar-refractivity contribution is -0.138. The highest BCUT2D eigenvalue weighted by Crippen LogP contribution is 2.33. The van der Waals surface area contributed by atoms with Crippen molar-refractivity contribution in [2.45, 2.75) is 45.3 Å². The van der Waals surface area contributed by atoms with E-state index in [1.165, 1.54) is 19.1 Å². The number of aryl methyl sites for hydroxylation is 1. The molecule has 3 N–H and O–H groups in total. The lowest BCUT2D eigenvalue weighted by Crippen LogP contribution is -2.33. The molecule has 0 spiro atoms. The summed E-state index contributed by atoms with van der Waals surface area (Å²) in [6.45, 7) is 4.95. The van der Waals surface area contributed by atoms with Crippen molar-refractivity contribution in [3.8, 4) is 0 Å². The summed E-state index contributed by atoms with van der Waals surface area (Å²) >= 11 is 0. The molecule has 1 aromatic rings. The predicted molar refractivity (Wildman–Crippen MR) is 72.3 cm³/mol. The monoisotopic (exact) mass is 288 g/mol. The number of anilines is 1. The fraction of sp³-hybridized carbons (Fsp3) is 0.500. The van der Waals surface area contributed by atoms with E-state index < -0.39 is 17.3 Å². The van der Waals surface area contributed by atoms with E-state index >= 15 is 0 Å². The zero-order valence-corrected chi connectivity index (χ0v) is 11.8. The highest BCUT2D eigenvalue weighted by atomic mass is 19.4. The minimum absolute atomic E-state index is 0.124. The number of halogens is 3. The largest absolute Gasteiger partial charge is 0.416 e. The van der Waals surface area contributed by atoms with Crippen LogP contribution in [0.2, 0.25) is 0 Å². The minimum Gasteiger partial charge on any atom is -0.326 e. The van der Waals surface area contributed by atoms with Gasteiger partial charge in [-0.15, -0.1) is 0 Å². The van der Waals surface area contributed by atoms with E-state index in [0.717, 1.165) is 6.07 Å². The van der Waals surface area contributed by atoms with Crippen molar-refractivity contribution in [1.82, 2.24) is 0 Å². The second-order valence-electron chi connectivity index (χ2n) is 5.56. The molecule has 0 aromatic heterocycles. The molecule has 1 amide bonds. The summed E-state index contributed by atoms with van der Waals surface area (Å²) in [5, 5.41) is 2.46. The Balaban J connectivity index is 2.77. The molecule has 0 bridgehead atoms. The molecule has 6 heteroatoms. The van der Waals surface area contributed by atoms with Gasteiger partial charge in [-0.05, 0) is 44.9 Å². The van der Waals surface area contributed by atoms with Crippen molar-refractivity contribution < 1.29 is 18.0 Å². The van der Waals surface area contributed by atoms with Gasteiger partial charge in [0, 0.05) is 17.6 Å². The third kappa shape index (κ3) is 5.21. The molecule has 3 nitrogen and oxygen atoms in total. The first-order valence-electron chi connectivity index (χ1n) is 6.25. The van der Waals surface area contributed by atoms with E-state index in [-0.39, 0.29) is 23.6 Å². The van der Waals surface area contributed by atoms with E-state index in [4.69, 9.17) is 5.73 Å². The molecule has 0 aliphatic rings. The average Bonchev–Trinajstić information content (AvgIpc) is 2.27. The number of amides is 1. The Bertz CT molecular complexity index is 490. The molecular formula is C14H19F3N2O. The summed E-state index contributed by atoms with van der Waals surface area (Å²) < 4.78 is 38.2. The van der Waals surface area contributed by atoms with Crippen LogP contribution in [0.5, 0.6) is 0 Å². The average molecular weight is 288 g/mol. The molecule has 20 heavy (non-hydrogen) atoms. The van der Waals surface area contributed by atoms with Crippen LogP contribution in [-0.2, 0) is 11.0 Å². The first-order valence-corrected chi connectivity index (χ1v) is 6.25. The Hall–Kier alpha value is -1.56. The molecule has 0 heterocycles. The highest BCUT2D eigenvalue weighted by molar-refractivity contribution is 5.90. The molecule has 0 unspecified atom stereocenters. The molecule has 0 aliphatic heterocycles. The van der Waals surface area contributed by atoms with Crippen LogP contribution in [0.4, 0.5) is 18.9 Å². The van der Waals surface area contributed by atoms with Gasteiger partial charge >= 0.3 is 6.18 Å². The van der Waals surface area contributed by atoms with Crippen LogP contribution >= 0.6 is 0 Å². The van der Waals surface area contributed by atoms with Gasteiger partial charge in [0.1, 0.15) is 0 Å². The van der Waals surface area contributed by atoms with Crippen molar-refractivity contribution >= 4 is 11.6 Å². The Morgan fingerprint density at radius 2 is 1.90 bits per heavy atom. The van der Waals surface area contributed by atoms with Crippen LogP contribution < -0.4 is 11.1 Å². The number of alkyl halides is 3. The number of rotatable bonds is 4. The molecule has 0 radical (unpaired) electrons. The van der Waals surface area contributed by atoms with Crippen LogP contribution in [0.1, 0.15) is 37.8 Å². The summed E-state index contributed by atoms with van der Waals surface area (Å²) in [6, 6.07) is 3.74. The lowest BCUT2D eigenvalue weighted by Gasteiger charge is -2.18. The summed E-state index contributed by atoms with van der Waals surface area (Å²) in [5.41, 5.74) is 4.79. The quantitative estimate of drug-likeness (QED) is 0.891. The number of nitrogens with one attached hydrogen (secondary N) is 1. The number of hydrogen-bond acceptors (Lipinski definition) is 2. The SMILES string of the molecule is Cc1ccc(NC(=O)CCC(C)(C)N)cc1C(F)(F)F. The van der Waals surface area contributed by atoms with Gasteiger partial charge < -0.3 is 11.1 Å². The zero-order valence-electron chi connectivity index (χ0n) is 11.8. The molecule has 1 rings (SSSR count). The van der Waals surface area contributed by atoms with Gasteiger partial charge in [0.25, 0.3) is 0 Å². The molecule has 0 saturated heterocycles. The van der Waals surface area contributed by atoms with Crippen molar-refractivity contribution in [1.29, 1.82) is 0 Å². The van der Waals surface area contributed by atoms with Crippen molar-refractivity contribution in [2.24, 2.45) is 5.73 Å². The molecular weight excluding hydrogens is 269 g/mol. The first-order chi connectivity index (χ1) is 8.99. The van der Waals surface area contributed by atoms with Gasteiger partial charge in [-0.1, -0.05) is 6.07 Å². The summed E-state index contributed by atoms with van der Waals surface area (Å²) in [5.74, 6) is -0.347. The number of carbonyl (C=O) groups is 1. The number of carbonyl (C=O) groups excluding carboxylic acids is 1. The Labute approximate surface area is 116 Å². The Kier molecular flexibility index (Phi) is 4.81. The van der Waals surface area contributed by atoms with Crippen LogP contribution in [0.15, 0.2) is 18.2 Å². The van der Waals surface area contributed by atoms with E-state index in [2.05, 4.69) is 5.32 Å². The topological polar surface area (TPSA) is 55.1 Å². The van der Waals surface area contributed by atoms with Crippen molar-refractivity contribution in [2.75, 3.05) is 5.32 Å². The normalized spacial score (nSPS) is 12.3. The molecule has 0 fully saturated rings. The maximum atomic E-state index is 12.7. The zero-order chi connectivity index (χ0) is 15.6. The lowest BCUT2D eigenvalue weighted by atomic mass is 10.00. The second-order valence-corrected chi connectivity index (χ2v) is 5.56. The van der Waals surface area contributed by atoms with E-state index in [1.54, 1.807) is 13.8 Å². The van der Waals surface area contributed by atoms with Gasteiger partial charge in [0.05, 0.1) is 5.56 Å². The van der Waals surface area contributed by atoms with E-state index in [1.807, 2.05) is 0 Å². The second kappa shape index (κ2) is 5.83. The molecule has 0 atom stereocenters. The van der Waals surface area contributed by atoms with Gasteiger partial charge in [-0.25, -0.2) is 0 Å². The first kappa shape index (κ1) is 16.5. The predicted octanol–water partition coefficient (Wildman–Crippen LogP) is 3.47. The molecule has 112 valence electrons. The maximum Gasteiger partial charge on any atom is 0.416 e. The smallest absolute Gasteiger partial charge is 0.326 e. The van der Waals surface area contributed by atoms with Gasteiger partial charge in [-0.3, -0.25) is 4.79 Å². The molecule has 0 aliphatic carbocycles. The summed E-state index contributed by atoms with van der Waals surface area (Å²) in [7, 11) is 0. The van der Waals surface area contributed by atoms with Crippen molar-refractivity contribution in [3.05, 3.63) is 29.3 Å². The fourth-order valence-electron chi connectivity index (χ4n) is 1.66. The summed E-state index contributed by atoms with van der Waals surface area (Å²) in [4.78, 5) is 11.7. The third-order valence-electron chi connectivity index (χ3n) is 2.82. The molecule has 1 aromatic carbocycles. The third-order valence-corrected chi connectivity index (χ3v) is 2.82. The Morgan fingerprint density at radius 3 is 2.40 bits per heavy atom. The van der Waals surface area contributed by atoms with Crippen LogP contribution in [0.3, 0.4) is 0 Å². The van der Waals surface area contributed by atoms with Crippen LogP contribution in [0, 0.1) is 6.92 Å². The number of benzene rings is 1. The van der Waals surface area contributed by atoms with E-state index in [0.29, 0.717) is 6.42 Å². The van der Waals surface area contributed by atoms with Gasteiger partial charge in [0.15, 0.2) is 0 Å². The maximum absolute atomic E-state index is 12.7. The number of nitrogens with two attached hydrogens (primary N) is 1. The highest BCUT2D eigenvalue weighted by Gasteiger charge is 2.32. The Morgan fingerprint density at radius 1 is 1.30 bits per heavy atom.